The van der Waals surface area contributed by atoms with Crippen molar-refractivity contribution in [3.8, 4) is 0 Å². The number of aryl methyl sites for hydroxylation is 2. The molecule has 150 valence electrons. The second-order valence-electron chi connectivity index (χ2n) is 8.91. The minimum atomic E-state index is -0.140. The summed E-state index contributed by atoms with van der Waals surface area (Å²) in [7, 11) is 0. The van der Waals surface area contributed by atoms with E-state index in [1.165, 1.54) is 48.4 Å². The van der Waals surface area contributed by atoms with E-state index >= 15 is 0 Å². The lowest BCUT2D eigenvalue weighted by molar-refractivity contribution is -0.00878. The SMILES string of the molecule is CCn1nc(C)c(CN2C[C@@H](c3ccc(F)cc3)[C@@H]3[C@H]2C2CCN3CC2)c1C. The smallest absolute Gasteiger partial charge is 0.123 e. The molecule has 6 rings (SSSR count). The van der Waals surface area contributed by atoms with Crippen molar-refractivity contribution in [1.29, 1.82) is 0 Å². The lowest BCUT2D eigenvalue weighted by Crippen LogP contribution is -2.60. The van der Waals surface area contributed by atoms with Gasteiger partial charge in [-0.25, -0.2) is 4.39 Å². The van der Waals surface area contributed by atoms with E-state index in [1.807, 2.05) is 12.1 Å². The minimum absolute atomic E-state index is 0.140. The molecular formula is C23H31FN4. The molecule has 0 radical (unpaired) electrons. The van der Waals surface area contributed by atoms with Crippen LogP contribution in [0.15, 0.2) is 24.3 Å². The molecule has 4 fully saturated rings. The van der Waals surface area contributed by atoms with Gasteiger partial charge in [-0.2, -0.15) is 5.10 Å². The summed E-state index contributed by atoms with van der Waals surface area (Å²) in [6.07, 6.45) is 2.64. The minimum Gasteiger partial charge on any atom is -0.298 e. The van der Waals surface area contributed by atoms with Gasteiger partial charge in [-0.15, -0.1) is 0 Å². The standard InChI is InChI=1S/C23H31FN4/c1-4-28-16(3)20(15(2)25-28)13-27-14-21(17-5-7-19(24)8-6-17)23-22(27)18-9-11-26(23)12-10-18/h5-8,18,21-23H,4,9-14H2,1-3H3/t21-,22+,23+/m0/s1. The first-order chi connectivity index (χ1) is 13.6. The predicted molar refractivity (Wildman–Crippen MR) is 109 cm³/mol. The van der Waals surface area contributed by atoms with Crippen LogP contribution in [0.2, 0.25) is 0 Å². The first kappa shape index (κ1) is 18.3. The van der Waals surface area contributed by atoms with Gasteiger partial charge in [0, 0.05) is 48.9 Å². The van der Waals surface area contributed by atoms with Crippen LogP contribution < -0.4 is 0 Å². The Labute approximate surface area is 167 Å². The molecule has 3 atom stereocenters. The van der Waals surface area contributed by atoms with Crippen LogP contribution in [-0.4, -0.2) is 51.3 Å². The van der Waals surface area contributed by atoms with Crippen molar-refractivity contribution in [2.24, 2.45) is 5.92 Å². The van der Waals surface area contributed by atoms with E-state index in [9.17, 15) is 4.39 Å². The Morgan fingerprint density at radius 3 is 2.43 bits per heavy atom. The molecule has 1 aromatic heterocycles. The Bertz CT molecular complexity index is 850. The molecule has 0 aliphatic carbocycles. The van der Waals surface area contributed by atoms with Crippen LogP contribution in [0.4, 0.5) is 4.39 Å². The third-order valence-corrected chi connectivity index (χ3v) is 7.58. The van der Waals surface area contributed by atoms with Crippen LogP contribution in [0, 0.1) is 25.6 Å². The number of aromatic nitrogens is 2. The highest BCUT2D eigenvalue weighted by molar-refractivity contribution is 5.30. The second-order valence-corrected chi connectivity index (χ2v) is 8.91. The lowest BCUT2D eigenvalue weighted by Gasteiger charge is -2.51. The van der Waals surface area contributed by atoms with Crippen molar-refractivity contribution in [2.75, 3.05) is 19.6 Å². The van der Waals surface area contributed by atoms with Gasteiger partial charge < -0.3 is 0 Å². The average Bonchev–Trinajstić information content (AvgIpc) is 3.24. The fourth-order valence-electron chi connectivity index (χ4n) is 6.20. The summed E-state index contributed by atoms with van der Waals surface area (Å²) >= 11 is 0. The van der Waals surface area contributed by atoms with Crippen molar-refractivity contribution in [3.05, 3.63) is 52.6 Å². The molecular weight excluding hydrogens is 351 g/mol. The molecule has 28 heavy (non-hydrogen) atoms. The Morgan fingerprint density at radius 1 is 1.07 bits per heavy atom. The predicted octanol–water partition coefficient (Wildman–Crippen LogP) is 3.72. The Morgan fingerprint density at radius 2 is 1.79 bits per heavy atom. The van der Waals surface area contributed by atoms with E-state index in [0.29, 0.717) is 18.0 Å². The normalized spacial score (nSPS) is 32.1. The van der Waals surface area contributed by atoms with E-state index in [4.69, 9.17) is 5.10 Å². The summed E-state index contributed by atoms with van der Waals surface area (Å²) in [5, 5.41) is 4.75. The third-order valence-electron chi connectivity index (χ3n) is 7.58. The highest BCUT2D eigenvalue weighted by Gasteiger charge is 2.53. The van der Waals surface area contributed by atoms with Crippen molar-refractivity contribution in [3.63, 3.8) is 0 Å². The van der Waals surface area contributed by atoms with Gasteiger partial charge in [0.05, 0.1) is 5.69 Å². The number of fused-ring (bicyclic) bond motifs is 2. The molecule has 0 spiro atoms. The van der Waals surface area contributed by atoms with Crippen molar-refractivity contribution >= 4 is 0 Å². The number of nitrogens with zero attached hydrogens (tertiary/aromatic N) is 4. The number of hydrogen-bond acceptors (Lipinski definition) is 3. The zero-order valence-electron chi connectivity index (χ0n) is 17.2. The van der Waals surface area contributed by atoms with Gasteiger partial charge >= 0.3 is 0 Å². The molecule has 4 saturated heterocycles. The number of piperidine rings is 3. The Kier molecular flexibility index (Phi) is 4.55. The number of halogens is 1. The molecule has 1 aromatic carbocycles. The van der Waals surface area contributed by atoms with Crippen LogP contribution in [0.1, 0.15) is 48.2 Å². The third kappa shape index (κ3) is 2.82. The first-order valence-corrected chi connectivity index (χ1v) is 10.8. The molecule has 0 saturated carbocycles. The summed E-state index contributed by atoms with van der Waals surface area (Å²) in [6, 6.07) is 8.46. The highest BCUT2D eigenvalue weighted by Crippen LogP contribution is 2.47. The number of benzene rings is 1. The molecule has 0 amide bonds. The van der Waals surface area contributed by atoms with Crippen LogP contribution >= 0.6 is 0 Å². The van der Waals surface area contributed by atoms with Crippen molar-refractivity contribution in [1.82, 2.24) is 19.6 Å². The van der Waals surface area contributed by atoms with Crippen LogP contribution in [0.25, 0.3) is 0 Å². The summed E-state index contributed by atoms with van der Waals surface area (Å²) in [6.45, 7) is 11.9. The summed E-state index contributed by atoms with van der Waals surface area (Å²) < 4.78 is 15.6. The van der Waals surface area contributed by atoms with Gasteiger partial charge in [0.25, 0.3) is 0 Å². The molecule has 0 unspecified atom stereocenters. The van der Waals surface area contributed by atoms with E-state index in [1.54, 1.807) is 12.1 Å². The number of likely N-dealkylation sites (tertiary alicyclic amines) is 1. The quantitative estimate of drug-likeness (QED) is 0.805. The maximum absolute atomic E-state index is 13.5. The Balaban J connectivity index is 1.48. The summed E-state index contributed by atoms with van der Waals surface area (Å²) in [5.74, 6) is 1.12. The fraction of sp³-hybridized carbons (Fsp3) is 0.609. The van der Waals surface area contributed by atoms with Gasteiger partial charge in [0.2, 0.25) is 0 Å². The molecule has 0 N–H and O–H groups in total. The lowest BCUT2D eigenvalue weighted by atomic mass is 9.75. The van der Waals surface area contributed by atoms with Gasteiger partial charge in [0.1, 0.15) is 5.82 Å². The van der Waals surface area contributed by atoms with E-state index in [2.05, 4.69) is 35.3 Å². The van der Waals surface area contributed by atoms with E-state index in [0.717, 1.165) is 25.6 Å². The Hall–Kier alpha value is -1.72. The maximum atomic E-state index is 13.5. The number of hydrogen-bond donors (Lipinski definition) is 0. The average molecular weight is 383 g/mol. The van der Waals surface area contributed by atoms with Gasteiger partial charge in [-0.1, -0.05) is 12.1 Å². The van der Waals surface area contributed by atoms with Gasteiger partial charge in [-0.3, -0.25) is 14.5 Å². The van der Waals surface area contributed by atoms with Crippen molar-refractivity contribution < 1.29 is 4.39 Å². The molecule has 4 aliphatic rings. The number of rotatable bonds is 4. The molecule has 4 aliphatic heterocycles. The molecule has 2 bridgehead atoms. The largest absolute Gasteiger partial charge is 0.298 e. The topological polar surface area (TPSA) is 24.3 Å². The molecule has 4 nitrogen and oxygen atoms in total. The van der Waals surface area contributed by atoms with Gasteiger partial charge in [-0.05, 0) is 70.3 Å². The van der Waals surface area contributed by atoms with E-state index < -0.39 is 0 Å². The monoisotopic (exact) mass is 382 g/mol. The molecule has 5 heteroatoms. The maximum Gasteiger partial charge on any atom is 0.123 e. The molecule has 5 heterocycles. The fourth-order valence-corrected chi connectivity index (χ4v) is 6.20. The first-order valence-electron chi connectivity index (χ1n) is 10.8. The van der Waals surface area contributed by atoms with Crippen LogP contribution in [-0.2, 0) is 13.1 Å². The summed E-state index contributed by atoms with van der Waals surface area (Å²) in [4.78, 5) is 5.44. The zero-order valence-corrected chi connectivity index (χ0v) is 17.2. The van der Waals surface area contributed by atoms with Crippen LogP contribution in [0.5, 0.6) is 0 Å². The highest BCUT2D eigenvalue weighted by atomic mass is 19.1. The van der Waals surface area contributed by atoms with Crippen LogP contribution in [0.3, 0.4) is 0 Å². The summed E-state index contributed by atoms with van der Waals surface area (Å²) in [5.41, 5.74) is 5.17. The van der Waals surface area contributed by atoms with E-state index in [-0.39, 0.29) is 5.82 Å². The van der Waals surface area contributed by atoms with Gasteiger partial charge in [0.15, 0.2) is 0 Å². The molecule has 2 aromatic rings. The zero-order chi connectivity index (χ0) is 19.4. The van der Waals surface area contributed by atoms with Crippen molar-refractivity contribution in [2.45, 2.75) is 64.7 Å². The second kappa shape index (κ2) is 6.96.